The van der Waals surface area contributed by atoms with Gasteiger partial charge in [-0.3, -0.25) is 4.79 Å². The number of nitrogens with one attached hydrogen (secondary N) is 1. The Labute approximate surface area is 114 Å². The van der Waals surface area contributed by atoms with Crippen molar-refractivity contribution in [2.24, 2.45) is 0 Å². The van der Waals surface area contributed by atoms with Crippen molar-refractivity contribution in [1.29, 1.82) is 0 Å². The van der Waals surface area contributed by atoms with Crippen LogP contribution in [0.4, 0.5) is 22.0 Å². The van der Waals surface area contributed by atoms with E-state index in [0.29, 0.717) is 0 Å². The molecule has 19 heavy (non-hydrogen) atoms. The quantitative estimate of drug-likeness (QED) is 0.656. The Morgan fingerprint density at radius 1 is 1.26 bits per heavy atom. The first-order valence-electron chi connectivity index (χ1n) is 5.12. The Kier molecular flexibility index (Phi) is 5.42. The third-order valence-corrected chi connectivity index (χ3v) is 2.77. The van der Waals surface area contributed by atoms with Gasteiger partial charge in [0.05, 0.1) is 17.6 Å². The van der Waals surface area contributed by atoms with Crippen molar-refractivity contribution < 1.29 is 26.7 Å². The van der Waals surface area contributed by atoms with Crippen LogP contribution in [-0.2, 0) is 11.2 Å². The molecule has 106 valence electrons. The maximum absolute atomic E-state index is 13.5. The Morgan fingerprint density at radius 3 is 2.47 bits per heavy atom. The van der Waals surface area contributed by atoms with Crippen molar-refractivity contribution in [1.82, 2.24) is 5.32 Å². The molecule has 1 N–H and O–H groups in total. The smallest absolute Gasteiger partial charge is 0.302 e. The highest BCUT2D eigenvalue weighted by Crippen LogP contribution is 2.22. The molecule has 8 heteroatoms. The topological polar surface area (TPSA) is 29.1 Å². The van der Waals surface area contributed by atoms with Gasteiger partial charge in [0.1, 0.15) is 11.6 Å². The fraction of sp³-hybridized carbons (Fsp3) is 0.364. The lowest BCUT2D eigenvalue weighted by Crippen LogP contribution is -2.33. The van der Waals surface area contributed by atoms with Crippen molar-refractivity contribution in [3.8, 4) is 0 Å². The number of hydrogen-bond donors (Lipinski definition) is 1. The largest absolute Gasteiger partial charge is 0.401 e. The molecule has 0 unspecified atom stereocenters. The molecule has 2 nitrogen and oxygen atoms in total. The van der Waals surface area contributed by atoms with Crippen LogP contribution < -0.4 is 5.32 Å². The molecule has 1 rings (SSSR count). The summed E-state index contributed by atoms with van der Waals surface area (Å²) in [6.07, 6.45) is -5.05. The average Bonchev–Trinajstić information content (AvgIpc) is 2.28. The highest BCUT2D eigenvalue weighted by Gasteiger charge is 2.26. The number of rotatable bonds is 5. The first-order chi connectivity index (χ1) is 8.70. The summed E-state index contributed by atoms with van der Waals surface area (Å²) in [7, 11) is 0. The lowest BCUT2D eigenvalue weighted by Gasteiger charge is -2.09. The van der Waals surface area contributed by atoms with Crippen LogP contribution in [0.25, 0.3) is 0 Å². The first kappa shape index (κ1) is 16.0. The zero-order chi connectivity index (χ0) is 14.6. The molecule has 0 bridgehead atoms. The fourth-order valence-corrected chi connectivity index (χ4v) is 1.71. The van der Waals surface area contributed by atoms with E-state index in [0.717, 1.165) is 12.1 Å². The highest BCUT2D eigenvalue weighted by atomic mass is 79.9. The molecule has 0 radical (unpaired) electrons. The van der Waals surface area contributed by atoms with Crippen LogP contribution in [0, 0.1) is 11.6 Å². The second kappa shape index (κ2) is 6.42. The van der Waals surface area contributed by atoms with Gasteiger partial charge in [-0.25, -0.2) is 8.78 Å². The van der Waals surface area contributed by atoms with Gasteiger partial charge in [0, 0.05) is 12.0 Å². The van der Waals surface area contributed by atoms with E-state index in [9.17, 15) is 26.7 Å². The second-order valence-electron chi connectivity index (χ2n) is 3.76. The van der Waals surface area contributed by atoms with Crippen LogP contribution in [0.5, 0.6) is 0 Å². The zero-order valence-corrected chi connectivity index (χ0v) is 11.0. The van der Waals surface area contributed by atoms with Crippen LogP contribution in [-0.4, -0.2) is 25.0 Å². The summed E-state index contributed by atoms with van der Waals surface area (Å²) in [6.45, 7) is -1.94. The van der Waals surface area contributed by atoms with Crippen molar-refractivity contribution in [2.45, 2.75) is 12.6 Å². The molecule has 0 amide bonds. The van der Waals surface area contributed by atoms with Crippen LogP contribution >= 0.6 is 15.9 Å². The number of benzene rings is 1. The Bertz CT molecular complexity index is 475. The number of hydrogen-bond acceptors (Lipinski definition) is 2. The van der Waals surface area contributed by atoms with Gasteiger partial charge in [-0.15, -0.1) is 0 Å². The molecular weight excluding hydrogens is 337 g/mol. The van der Waals surface area contributed by atoms with Gasteiger partial charge in [0.15, 0.2) is 5.78 Å². The molecule has 0 saturated heterocycles. The number of halogens is 6. The minimum atomic E-state index is -4.44. The number of carbonyl (C=O) groups excluding carboxylic acids is 1. The summed E-state index contributed by atoms with van der Waals surface area (Å²) in [5.41, 5.74) is -0.465. The maximum atomic E-state index is 13.5. The minimum Gasteiger partial charge on any atom is -0.302 e. The minimum absolute atomic E-state index is 0.0139. The molecule has 0 heterocycles. The molecule has 0 aromatic heterocycles. The van der Waals surface area contributed by atoms with E-state index in [1.807, 2.05) is 5.32 Å². The Hall–Kier alpha value is -1.02. The average molecular weight is 346 g/mol. The molecule has 0 spiro atoms. The number of carbonyl (C=O) groups is 1. The molecule has 0 aliphatic rings. The van der Waals surface area contributed by atoms with Gasteiger partial charge in [0.25, 0.3) is 0 Å². The lowest BCUT2D eigenvalue weighted by molar-refractivity contribution is -0.127. The summed E-state index contributed by atoms with van der Waals surface area (Å²) < 4.78 is 62.2. The molecular formula is C11H9BrF5NO. The van der Waals surface area contributed by atoms with E-state index in [2.05, 4.69) is 15.9 Å². The van der Waals surface area contributed by atoms with Crippen molar-refractivity contribution in [3.05, 3.63) is 33.8 Å². The first-order valence-corrected chi connectivity index (χ1v) is 5.91. The van der Waals surface area contributed by atoms with Crippen molar-refractivity contribution in [2.75, 3.05) is 13.1 Å². The highest BCUT2D eigenvalue weighted by molar-refractivity contribution is 9.10. The summed E-state index contributed by atoms with van der Waals surface area (Å²) in [5, 5.41) is 1.87. The Morgan fingerprint density at radius 2 is 1.89 bits per heavy atom. The van der Waals surface area contributed by atoms with Gasteiger partial charge in [-0.2, -0.15) is 13.2 Å². The normalized spacial score (nSPS) is 11.7. The summed E-state index contributed by atoms with van der Waals surface area (Å²) >= 11 is 2.83. The van der Waals surface area contributed by atoms with Crippen LogP contribution in [0.2, 0.25) is 0 Å². The van der Waals surface area contributed by atoms with Gasteiger partial charge in [-0.05, 0) is 28.1 Å². The number of ketones is 1. The van der Waals surface area contributed by atoms with Crippen molar-refractivity contribution in [3.63, 3.8) is 0 Å². The molecule has 0 aliphatic heterocycles. The van der Waals surface area contributed by atoms with E-state index < -0.39 is 48.7 Å². The van der Waals surface area contributed by atoms with Gasteiger partial charge >= 0.3 is 6.18 Å². The molecule has 0 atom stereocenters. The van der Waals surface area contributed by atoms with Crippen LogP contribution in [0.1, 0.15) is 5.56 Å². The van der Waals surface area contributed by atoms with Crippen LogP contribution in [0.15, 0.2) is 16.6 Å². The summed E-state index contributed by atoms with van der Waals surface area (Å²) in [6, 6.07) is 2.11. The maximum Gasteiger partial charge on any atom is 0.401 e. The number of Topliss-reactive ketones (excluding diaryl/α,β-unsaturated/α-hetero) is 1. The molecule has 0 fully saturated rings. The predicted molar refractivity (Wildman–Crippen MR) is 61.7 cm³/mol. The third kappa shape index (κ3) is 5.23. The van der Waals surface area contributed by atoms with E-state index in [4.69, 9.17) is 0 Å². The van der Waals surface area contributed by atoms with Crippen molar-refractivity contribution >= 4 is 21.7 Å². The second-order valence-corrected chi connectivity index (χ2v) is 4.61. The Balaban J connectivity index is 2.61. The molecule has 1 aromatic rings. The summed E-state index contributed by atoms with van der Waals surface area (Å²) in [5.74, 6) is -2.57. The number of alkyl halides is 3. The molecule has 1 aromatic carbocycles. The fourth-order valence-electron chi connectivity index (χ4n) is 1.33. The van der Waals surface area contributed by atoms with Gasteiger partial charge in [-0.1, -0.05) is 0 Å². The molecule has 0 aliphatic carbocycles. The monoisotopic (exact) mass is 345 g/mol. The lowest BCUT2D eigenvalue weighted by atomic mass is 10.1. The standard InChI is InChI=1S/C11H9BrF5NO/c12-8-1-2-9(13)7(10(8)14)3-6(19)4-18-5-11(15,16)17/h1-2,18H,3-5H2. The van der Waals surface area contributed by atoms with E-state index >= 15 is 0 Å². The zero-order valence-electron chi connectivity index (χ0n) is 9.45. The van der Waals surface area contributed by atoms with E-state index in [1.165, 1.54) is 0 Å². The molecule has 0 saturated carbocycles. The van der Waals surface area contributed by atoms with E-state index in [-0.39, 0.29) is 4.47 Å². The van der Waals surface area contributed by atoms with Gasteiger partial charge < -0.3 is 5.32 Å². The third-order valence-electron chi connectivity index (χ3n) is 2.16. The SMILES string of the molecule is O=C(CNCC(F)(F)F)Cc1c(F)ccc(Br)c1F. The van der Waals surface area contributed by atoms with Crippen LogP contribution in [0.3, 0.4) is 0 Å². The summed E-state index contributed by atoms with van der Waals surface area (Å²) in [4.78, 5) is 11.3. The van der Waals surface area contributed by atoms with E-state index in [1.54, 1.807) is 0 Å². The van der Waals surface area contributed by atoms with Gasteiger partial charge in [0.2, 0.25) is 0 Å². The predicted octanol–water partition coefficient (Wildman–Crippen LogP) is 2.99.